The minimum Gasteiger partial charge on any atom is -0.295 e. The van der Waals surface area contributed by atoms with Crippen molar-refractivity contribution in [2.45, 2.75) is 11.4 Å². The Kier molecular flexibility index (Phi) is 3.73. The van der Waals surface area contributed by atoms with E-state index >= 15 is 0 Å². The smallest absolute Gasteiger partial charge is 0.295 e. The maximum Gasteiger partial charge on any atom is 0.333 e. The molecule has 24 heavy (non-hydrogen) atoms. The number of anilines is 1. The van der Waals surface area contributed by atoms with E-state index in [2.05, 4.69) is 0 Å². The molecule has 0 aliphatic carbocycles. The predicted octanol–water partition coefficient (Wildman–Crippen LogP) is 4.06. The molecule has 2 fully saturated rings. The molecule has 2 aliphatic rings. The number of carbonyl (C=O) groups excluding carboxylic acids is 2. The van der Waals surface area contributed by atoms with Crippen LogP contribution in [-0.4, -0.2) is 28.6 Å². The number of urea groups is 1. The van der Waals surface area contributed by atoms with Gasteiger partial charge in [0.25, 0.3) is 5.91 Å². The summed E-state index contributed by atoms with van der Waals surface area (Å²) in [5.41, 5.74) is 1.31. The normalized spacial score (nSPS) is 23.1. The van der Waals surface area contributed by atoms with E-state index in [0.29, 0.717) is 16.5 Å². The highest BCUT2D eigenvalue weighted by atomic mass is 35.5. The van der Waals surface area contributed by atoms with Crippen LogP contribution in [0.4, 0.5) is 14.9 Å². The van der Waals surface area contributed by atoms with E-state index in [0.717, 1.165) is 5.56 Å². The lowest BCUT2D eigenvalue weighted by Gasteiger charge is -2.23. The van der Waals surface area contributed by atoms with Crippen LogP contribution in [0.15, 0.2) is 48.5 Å². The van der Waals surface area contributed by atoms with Gasteiger partial charge in [-0.3, -0.25) is 9.69 Å². The highest BCUT2D eigenvalue weighted by Crippen LogP contribution is 2.46. The van der Waals surface area contributed by atoms with E-state index in [1.165, 1.54) is 28.8 Å². The lowest BCUT2D eigenvalue weighted by Crippen LogP contribution is -2.33. The van der Waals surface area contributed by atoms with Crippen LogP contribution in [0.3, 0.4) is 0 Å². The molecule has 7 heteroatoms. The lowest BCUT2D eigenvalue weighted by atomic mass is 10.2. The molecule has 122 valence electrons. The second-order valence-corrected chi connectivity index (χ2v) is 7.14. The Bertz CT molecular complexity index is 812. The monoisotopic (exact) mass is 362 g/mol. The molecule has 2 aliphatic heterocycles. The number of amides is 3. The van der Waals surface area contributed by atoms with Gasteiger partial charge >= 0.3 is 6.03 Å². The molecule has 0 saturated carbocycles. The Morgan fingerprint density at radius 2 is 1.71 bits per heavy atom. The molecular formula is C17H12ClFN2O2S. The van der Waals surface area contributed by atoms with E-state index in [1.54, 1.807) is 41.3 Å². The zero-order valence-electron chi connectivity index (χ0n) is 12.4. The molecule has 2 heterocycles. The highest BCUT2D eigenvalue weighted by molar-refractivity contribution is 7.99. The maximum atomic E-state index is 13.1. The Labute approximate surface area is 147 Å². The average Bonchev–Trinajstić information content (AvgIpc) is 3.11. The molecule has 0 N–H and O–H groups in total. The molecule has 4 nitrogen and oxygen atoms in total. The Morgan fingerprint density at radius 3 is 2.38 bits per heavy atom. The quantitative estimate of drug-likeness (QED) is 0.756. The SMILES string of the molecule is O=C1[C@@H]2CSC(c3ccc(F)cc3)N2C(=O)N1c1ccc(Cl)cc1. The summed E-state index contributed by atoms with van der Waals surface area (Å²) in [6, 6.07) is 11.8. The molecule has 4 rings (SSSR count). The standard InChI is InChI=1S/C17H12ClFN2O2S/c18-11-3-7-13(8-4-11)20-15(22)14-9-24-16(21(14)17(20)23)10-1-5-12(19)6-2-10/h1-8,14,16H,9H2/t14-,16?/m0/s1. The second-order valence-electron chi connectivity index (χ2n) is 5.59. The van der Waals surface area contributed by atoms with E-state index in [-0.39, 0.29) is 23.1 Å². The predicted molar refractivity (Wildman–Crippen MR) is 91.6 cm³/mol. The fraction of sp³-hybridized carbons (Fsp3) is 0.176. The van der Waals surface area contributed by atoms with Gasteiger partial charge in [0.2, 0.25) is 0 Å². The minimum absolute atomic E-state index is 0.237. The summed E-state index contributed by atoms with van der Waals surface area (Å²) in [5, 5.41) is 0.252. The van der Waals surface area contributed by atoms with Crippen molar-refractivity contribution in [3.05, 3.63) is 64.9 Å². The van der Waals surface area contributed by atoms with Crippen LogP contribution < -0.4 is 4.90 Å². The van der Waals surface area contributed by atoms with Gasteiger partial charge in [0.1, 0.15) is 17.2 Å². The summed E-state index contributed by atoms with van der Waals surface area (Å²) >= 11 is 7.38. The zero-order valence-corrected chi connectivity index (χ0v) is 13.9. The topological polar surface area (TPSA) is 40.6 Å². The van der Waals surface area contributed by atoms with Crippen LogP contribution in [0.5, 0.6) is 0 Å². The molecule has 2 aromatic rings. The summed E-state index contributed by atoms with van der Waals surface area (Å²) in [6.45, 7) is 0. The van der Waals surface area contributed by atoms with Gasteiger partial charge in [-0.1, -0.05) is 23.7 Å². The first kappa shape index (κ1) is 15.5. The van der Waals surface area contributed by atoms with Crippen LogP contribution in [0.2, 0.25) is 5.02 Å². The van der Waals surface area contributed by atoms with Crippen molar-refractivity contribution in [3.8, 4) is 0 Å². The molecule has 0 bridgehead atoms. The third-order valence-electron chi connectivity index (χ3n) is 4.16. The average molecular weight is 363 g/mol. The first-order valence-corrected chi connectivity index (χ1v) is 8.78. The zero-order chi connectivity index (χ0) is 16.8. The van der Waals surface area contributed by atoms with Crippen molar-refractivity contribution in [1.82, 2.24) is 4.90 Å². The largest absolute Gasteiger partial charge is 0.333 e. The van der Waals surface area contributed by atoms with Crippen molar-refractivity contribution in [3.63, 3.8) is 0 Å². The first-order chi connectivity index (χ1) is 11.6. The van der Waals surface area contributed by atoms with Crippen molar-refractivity contribution in [1.29, 1.82) is 0 Å². The number of thioether (sulfide) groups is 1. The van der Waals surface area contributed by atoms with Crippen LogP contribution >= 0.6 is 23.4 Å². The number of fused-ring (bicyclic) bond motifs is 1. The van der Waals surface area contributed by atoms with Gasteiger partial charge in [0.05, 0.1) is 5.69 Å². The number of hydrogen-bond acceptors (Lipinski definition) is 3. The summed E-state index contributed by atoms with van der Waals surface area (Å²) in [5.74, 6) is -0.0409. The molecular weight excluding hydrogens is 351 g/mol. The number of benzene rings is 2. The van der Waals surface area contributed by atoms with Gasteiger partial charge < -0.3 is 0 Å². The Morgan fingerprint density at radius 1 is 1.04 bits per heavy atom. The Balaban J connectivity index is 1.67. The summed E-state index contributed by atoms with van der Waals surface area (Å²) in [6.07, 6.45) is 0. The number of imide groups is 1. The molecule has 0 spiro atoms. The molecule has 0 radical (unpaired) electrons. The molecule has 2 saturated heterocycles. The molecule has 2 atom stereocenters. The second kappa shape index (κ2) is 5.79. The number of carbonyl (C=O) groups is 2. The van der Waals surface area contributed by atoms with Gasteiger partial charge in [-0.2, -0.15) is 0 Å². The van der Waals surface area contributed by atoms with Crippen molar-refractivity contribution in [2.75, 3.05) is 10.7 Å². The van der Waals surface area contributed by atoms with Crippen LogP contribution in [0, 0.1) is 5.82 Å². The minimum atomic E-state index is -0.492. The molecule has 1 unspecified atom stereocenters. The van der Waals surface area contributed by atoms with Crippen molar-refractivity contribution in [2.24, 2.45) is 0 Å². The van der Waals surface area contributed by atoms with Gasteiger partial charge in [-0.05, 0) is 42.0 Å². The fourth-order valence-corrected chi connectivity index (χ4v) is 4.54. The van der Waals surface area contributed by atoms with E-state index in [1.807, 2.05) is 0 Å². The summed E-state index contributed by atoms with van der Waals surface area (Å²) in [4.78, 5) is 28.3. The summed E-state index contributed by atoms with van der Waals surface area (Å²) < 4.78 is 13.1. The van der Waals surface area contributed by atoms with Crippen LogP contribution in [0.1, 0.15) is 10.9 Å². The highest BCUT2D eigenvalue weighted by Gasteiger charge is 2.53. The van der Waals surface area contributed by atoms with Gasteiger partial charge in [0.15, 0.2) is 0 Å². The molecule has 3 amide bonds. The van der Waals surface area contributed by atoms with Crippen molar-refractivity contribution >= 4 is 41.0 Å². The van der Waals surface area contributed by atoms with E-state index < -0.39 is 6.04 Å². The first-order valence-electron chi connectivity index (χ1n) is 7.35. The summed E-state index contributed by atoms with van der Waals surface area (Å²) in [7, 11) is 0. The Hall–Kier alpha value is -2.05. The molecule has 2 aromatic carbocycles. The number of rotatable bonds is 2. The van der Waals surface area contributed by atoms with E-state index in [4.69, 9.17) is 11.6 Å². The number of hydrogen-bond donors (Lipinski definition) is 0. The van der Waals surface area contributed by atoms with Crippen molar-refractivity contribution < 1.29 is 14.0 Å². The van der Waals surface area contributed by atoms with Crippen LogP contribution in [0.25, 0.3) is 0 Å². The van der Waals surface area contributed by atoms with E-state index in [9.17, 15) is 14.0 Å². The number of nitrogens with zero attached hydrogens (tertiary/aromatic N) is 2. The number of halogens is 2. The van der Waals surface area contributed by atoms with Gasteiger partial charge in [-0.15, -0.1) is 11.8 Å². The third-order valence-corrected chi connectivity index (χ3v) is 5.73. The lowest BCUT2D eigenvalue weighted by molar-refractivity contribution is -0.119. The van der Waals surface area contributed by atoms with Gasteiger partial charge in [0, 0.05) is 10.8 Å². The van der Waals surface area contributed by atoms with Gasteiger partial charge in [-0.25, -0.2) is 14.1 Å². The fourth-order valence-electron chi connectivity index (χ4n) is 3.00. The third kappa shape index (κ3) is 2.37. The molecule has 0 aromatic heterocycles. The van der Waals surface area contributed by atoms with Crippen LogP contribution in [-0.2, 0) is 4.79 Å². The maximum absolute atomic E-state index is 13.1.